The monoisotopic (exact) mass is 341 g/mol. The van der Waals surface area contributed by atoms with Crippen molar-refractivity contribution in [3.63, 3.8) is 0 Å². The van der Waals surface area contributed by atoms with Crippen LogP contribution < -0.4 is 5.32 Å². The molecule has 1 aromatic carbocycles. The van der Waals surface area contributed by atoms with Crippen molar-refractivity contribution in [1.29, 1.82) is 5.26 Å². The molecular weight excluding hydrogens is 337 g/mol. The van der Waals surface area contributed by atoms with Gasteiger partial charge in [0.05, 0.1) is 16.3 Å². The molecule has 0 spiro atoms. The van der Waals surface area contributed by atoms with Crippen LogP contribution in [-0.4, -0.2) is 4.98 Å². The number of benzene rings is 1. The molecule has 0 fully saturated rings. The summed E-state index contributed by atoms with van der Waals surface area (Å²) in [6.07, 6.45) is 1.62. The normalized spacial score (nSPS) is 9.89. The van der Waals surface area contributed by atoms with E-state index >= 15 is 0 Å². The number of pyridine rings is 1. The highest BCUT2D eigenvalue weighted by Gasteiger charge is 2.07. The number of aromatic nitrogens is 1. The summed E-state index contributed by atoms with van der Waals surface area (Å²) in [4.78, 5) is 4.14. The first-order chi connectivity index (χ1) is 8.60. The number of nitrogens with one attached hydrogen (secondary N) is 1. The molecule has 0 saturated carbocycles. The van der Waals surface area contributed by atoms with Gasteiger partial charge < -0.3 is 5.32 Å². The number of nitriles is 1. The molecule has 0 amide bonds. The van der Waals surface area contributed by atoms with E-state index in [1.165, 1.54) is 0 Å². The molecule has 1 N–H and O–H groups in total. The van der Waals surface area contributed by atoms with Crippen LogP contribution in [0.3, 0.4) is 0 Å². The standard InChI is InChI=1S/C12H6BrCl2N3/c13-8-3-10(15)12(17-6-8)18-11-4-9(14)2-1-7(11)5-16/h1-4,6H,(H,17,18). The SMILES string of the molecule is N#Cc1ccc(Cl)cc1Nc1ncc(Br)cc1Cl. The Hall–Kier alpha value is -1.28. The number of anilines is 2. The Balaban J connectivity index is 2.40. The summed E-state index contributed by atoms with van der Waals surface area (Å²) in [5.74, 6) is 0.471. The Morgan fingerprint density at radius 3 is 2.72 bits per heavy atom. The van der Waals surface area contributed by atoms with Crippen molar-refractivity contribution in [1.82, 2.24) is 4.98 Å². The second-order valence-electron chi connectivity index (χ2n) is 3.41. The largest absolute Gasteiger partial charge is 0.338 e. The molecule has 0 unspecified atom stereocenters. The first kappa shape index (κ1) is 13.2. The van der Waals surface area contributed by atoms with Gasteiger partial charge in [-0.05, 0) is 40.2 Å². The van der Waals surface area contributed by atoms with E-state index in [2.05, 4.69) is 32.3 Å². The van der Waals surface area contributed by atoms with Gasteiger partial charge in [0.15, 0.2) is 0 Å². The van der Waals surface area contributed by atoms with Gasteiger partial charge >= 0.3 is 0 Å². The van der Waals surface area contributed by atoms with Gasteiger partial charge in [-0.25, -0.2) is 4.98 Å². The molecular formula is C12H6BrCl2N3. The molecule has 0 bridgehead atoms. The number of hydrogen-bond acceptors (Lipinski definition) is 3. The zero-order valence-electron chi connectivity index (χ0n) is 8.92. The highest BCUT2D eigenvalue weighted by Crippen LogP contribution is 2.28. The fourth-order valence-electron chi connectivity index (χ4n) is 1.35. The fraction of sp³-hybridized carbons (Fsp3) is 0. The second-order valence-corrected chi connectivity index (χ2v) is 5.17. The summed E-state index contributed by atoms with van der Waals surface area (Å²) < 4.78 is 0.782. The van der Waals surface area contributed by atoms with E-state index in [4.69, 9.17) is 28.5 Å². The maximum atomic E-state index is 9.01. The molecule has 1 aromatic heterocycles. The minimum absolute atomic E-state index is 0.452. The van der Waals surface area contributed by atoms with Crippen LogP contribution in [-0.2, 0) is 0 Å². The van der Waals surface area contributed by atoms with E-state index in [0.29, 0.717) is 27.1 Å². The lowest BCUT2D eigenvalue weighted by Crippen LogP contribution is -1.97. The van der Waals surface area contributed by atoms with Crippen LogP contribution in [0.4, 0.5) is 11.5 Å². The molecule has 6 heteroatoms. The maximum Gasteiger partial charge on any atom is 0.149 e. The van der Waals surface area contributed by atoms with Crippen molar-refractivity contribution < 1.29 is 0 Å². The lowest BCUT2D eigenvalue weighted by Gasteiger charge is -2.09. The molecule has 3 nitrogen and oxygen atoms in total. The van der Waals surface area contributed by atoms with Gasteiger partial charge in [0, 0.05) is 15.7 Å². The van der Waals surface area contributed by atoms with Gasteiger partial charge in [-0.1, -0.05) is 23.2 Å². The Labute approximate surface area is 122 Å². The molecule has 18 heavy (non-hydrogen) atoms. The molecule has 90 valence electrons. The molecule has 2 aromatic rings. The summed E-state index contributed by atoms with van der Waals surface area (Å²) in [5.41, 5.74) is 1.04. The smallest absolute Gasteiger partial charge is 0.149 e. The third-order valence-corrected chi connectivity index (χ3v) is 3.12. The maximum absolute atomic E-state index is 9.01. The third kappa shape index (κ3) is 2.94. The molecule has 0 atom stereocenters. The van der Waals surface area contributed by atoms with Crippen molar-refractivity contribution in [2.45, 2.75) is 0 Å². The molecule has 2 rings (SSSR count). The van der Waals surface area contributed by atoms with Crippen LogP contribution in [0.15, 0.2) is 34.9 Å². The minimum Gasteiger partial charge on any atom is -0.338 e. The van der Waals surface area contributed by atoms with Gasteiger partial charge in [0.25, 0.3) is 0 Å². The zero-order valence-corrected chi connectivity index (χ0v) is 12.0. The average Bonchev–Trinajstić information content (AvgIpc) is 2.33. The highest BCUT2D eigenvalue weighted by molar-refractivity contribution is 9.10. The lowest BCUT2D eigenvalue weighted by atomic mass is 10.2. The van der Waals surface area contributed by atoms with E-state index in [1.54, 1.807) is 30.5 Å². The fourth-order valence-corrected chi connectivity index (χ4v) is 2.20. The second kappa shape index (κ2) is 5.57. The van der Waals surface area contributed by atoms with Gasteiger partial charge in [-0.15, -0.1) is 0 Å². The lowest BCUT2D eigenvalue weighted by molar-refractivity contribution is 1.29. The van der Waals surface area contributed by atoms with Crippen LogP contribution in [0.5, 0.6) is 0 Å². The number of nitrogens with zero attached hydrogens (tertiary/aromatic N) is 2. The van der Waals surface area contributed by atoms with E-state index in [1.807, 2.05) is 0 Å². The van der Waals surface area contributed by atoms with Crippen LogP contribution in [0, 0.1) is 11.3 Å². The van der Waals surface area contributed by atoms with Crippen molar-refractivity contribution in [2.75, 3.05) is 5.32 Å². The molecule has 1 heterocycles. The quantitative estimate of drug-likeness (QED) is 0.855. The Bertz CT molecular complexity index is 638. The van der Waals surface area contributed by atoms with Crippen LogP contribution in [0.1, 0.15) is 5.56 Å². The van der Waals surface area contributed by atoms with Crippen molar-refractivity contribution in [2.24, 2.45) is 0 Å². The number of hydrogen-bond donors (Lipinski definition) is 1. The first-order valence-corrected chi connectivity index (χ1v) is 6.43. The van der Waals surface area contributed by atoms with Crippen molar-refractivity contribution >= 4 is 50.6 Å². The average molecular weight is 343 g/mol. The van der Waals surface area contributed by atoms with Crippen LogP contribution in [0.25, 0.3) is 0 Å². The molecule has 0 aliphatic rings. The van der Waals surface area contributed by atoms with Gasteiger partial charge in [-0.3, -0.25) is 0 Å². The predicted octanol–water partition coefficient (Wildman–Crippen LogP) is 4.77. The summed E-state index contributed by atoms with van der Waals surface area (Å²) in [7, 11) is 0. The van der Waals surface area contributed by atoms with Gasteiger partial charge in [-0.2, -0.15) is 5.26 Å². The van der Waals surface area contributed by atoms with E-state index in [0.717, 1.165) is 4.47 Å². The highest BCUT2D eigenvalue weighted by atomic mass is 79.9. The zero-order chi connectivity index (χ0) is 13.1. The van der Waals surface area contributed by atoms with Crippen molar-refractivity contribution in [3.8, 4) is 6.07 Å². The Kier molecular flexibility index (Phi) is 4.07. The summed E-state index contributed by atoms with van der Waals surface area (Å²) in [5, 5.41) is 13.0. The number of rotatable bonds is 2. The van der Waals surface area contributed by atoms with Gasteiger partial charge in [0.2, 0.25) is 0 Å². The molecule has 0 radical (unpaired) electrons. The van der Waals surface area contributed by atoms with Gasteiger partial charge in [0.1, 0.15) is 11.9 Å². The molecule has 0 saturated heterocycles. The van der Waals surface area contributed by atoms with E-state index in [-0.39, 0.29) is 0 Å². The molecule has 0 aliphatic carbocycles. The van der Waals surface area contributed by atoms with Crippen LogP contribution in [0.2, 0.25) is 10.0 Å². The Morgan fingerprint density at radius 2 is 2.06 bits per heavy atom. The van der Waals surface area contributed by atoms with E-state index in [9.17, 15) is 0 Å². The topological polar surface area (TPSA) is 48.7 Å². The number of halogens is 3. The molecule has 0 aliphatic heterocycles. The van der Waals surface area contributed by atoms with E-state index < -0.39 is 0 Å². The summed E-state index contributed by atoms with van der Waals surface area (Å²) in [6, 6.07) is 8.73. The van der Waals surface area contributed by atoms with Crippen LogP contribution >= 0.6 is 39.1 Å². The summed E-state index contributed by atoms with van der Waals surface area (Å²) in [6.45, 7) is 0. The summed E-state index contributed by atoms with van der Waals surface area (Å²) >= 11 is 15.2. The first-order valence-electron chi connectivity index (χ1n) is 4.88. The van der Waals surface area contributed by atoms with Crippen molar-refractivity contribution in [3.05, 3.63) is 50.5 Å². The Morgan fingerprint density at radius 1 is 1.28 bits per heavy atom. The minimum atomic E-state index is 0.452. The third-order valence-electron chi connectivity index (χ3n) is 2.16. The predicted molar refractivity (Wildman–Crippen MR) is 76.4 cm³/mol.